The first-order chi connectivity index (χ1) is 9.90. The third kappa shape index (κ3) is 1.96. The van der Waals surface area contributed by atoms with Crippen LogP contribution in [0.15, 0.2) is 24.3 Å². The first-order valence-corrected chi connectivity index (χ1v) is 7.40. The van der Waals surface area contributed by atoms with Crippen LogP contribution in [-0.2, 0) is 9.59 Å². The Morgan fingerprint density at radius 3 is 2.76 bits per heavy atom. The van der Waals surface area contributed by atoms with Gasteiger partial charge in [0.15, 0.2) is 5.78 Å². The summed E-state index contributed by atoms with van der Waals surface area (Å²) in [5.41, 5.74) is -0.518. The van der Waals surface area contributed by atoms with Crippen molar-refractivity contribution in [3.8, 4) is 5.75 Å². The number of fused-ring (bicyclic) bond motifs is 2. The average molecular weight is 287 g/mol. The van der Waals surface area contributed by atoms with Crippen molar-refractivity contribution < 1.29 is 14.3 Å². The van der Waals surface area contributed by atoms with Gasteiger partial charge in [-0.1, -0.05) is 19.9 Å². The van der Waals surface area contributed by atoms with Gasteiger partial charge in [-0.15, -0.1) is 0 Å². The predicted molar refractivity (Wildman–Crippen MR) is 80.2 cm³/mol. The van der Waals surface area contributed by atoms with Crippen molar-refractivity contribution in [3.05, 3.63) is 24.3 Å². The highest BCUT2D eigenvalue weighted by atomic mass is 16.5. The molecule has 1 aromatic rings. The third-order valence-corrected chi connectivity index (χ3v) is 5.32. The van der Waals surface area contributed by atoms with Gasteiger partial charge in [-0.25, -0.2) is 0 Å². The molecule has 21 heavy (non-hydrogen) atoms. The standard InChI is InChI=1S/C17H21NO3/c1-16(2)11-7-8-17(10-11,14(16)19)15(20)18-12-5-4-6-13(9-12)21-3/h4-6,9,11H,7-8,10H2,1-3H3,(H,18,20). The summed E-state index contributed by atoms with van der Waals surface area (Å²) in [7, 11) is 1.59. The molecule has 0 spiro atoms. The van der Waals surface area contributed by atoms with Crippen LogP contribution in [0.1, 0.15) is 33.1 Å². The summed E-state index contributed by atoms with van der Waals surface area (Å²) in [4.78, 5) is 25.4. The normalized spacial score (nSPS) is 29.5. The minimum atomic E-state index is -0.822. The fourth-order valence-corrected chi connectivity index (χ4v) is 3.93. The molecule has 4 heteroatoms. The van der Waals surface area contributed by atoms with Crippen molar-refractivity contribution in [1.82, 2.24) is 0 Å². The number of hydrogen-bond acceptors (Lipinski definition) is 3. The maximum absolute atomic E-state index is 12.7. The Bertz CT molecular complexity index is 608. The number of ketones is 1. The predicted octanol–water partition coefficient (Wildman–Crippen LogP) is 3.03. The molecule has 2 aliphatic carbocycles. The Labute approximate surface area is 124 Å². The molecule has 0 heterocycles. The molecule has 0 radical (unpaired) electrons. The average Bonchev–Trinajstić information content (AvgIpc) is 2.99. The Kier molecular flexibility index (Phi) is 3.08. The Morgan fingerprint density at radius 2 is 2.14 bits per heavy atom. The molecule has 2 atom stereocenters. The molecule has 2 bridgehead atoms. The molecule has 2 aliphatic rings. The zero-order chi connectivity index (χ0) is 15.3. The van der Waals surface area contributed by atoms with E-state index in [-0.39, 0.29) is 17.1 Å². The van der Waals surface area contributed by atoms with Crippen molar-refractivity contribution >= 4 is 17.4 Å². The van der Waals surface area contributed by atoms with Crippen LogP contribution < -0.4 is 10.1 Å². The van der Waals surface area contributed by atoms with Gasteiger partial charge in [0, 0.05) is 17.2 Å². The number of anilines is 1. The lowest BCUT2D eigenvalue weighted by Gasteiger charge is -2.32. The molecular weight excluding hydrogens is 266 g/mol. The minimum absolute atomic E-state index is 0.103. The van der Waals surface area contributed by atoms with Crippen LogP contribution in [0.2, 0.25) is 0 Å². The lowest BCUT2D eigenvalue weighted by molar-refractivity contribution is -0.142. The summed E-state index contributed by atoms with van der Waals surface area (Å²) in [5.74, 6) is 0.967. The highest BCUT2D eigenvalue weighted by Crippen LogP contribution is 2.60. The van der Waals surface area contributed by atoms with Gasteiger partial charge in [0.2, 0.25) is 5.91 Å². The Hall–Kier alpha value is -1.84. The van der Waals surface area contributed by atoms with Crippen LogP contribution in [-0.4, -0.2) is 18.8 Å². The second kappa shape index (κ2) is 4.58. The van der Waals surface area contributed by atoms with E-state index in [2.05, 4.69) is 5.32 Å². The van der Waals surface area contributed by atoms with E-state index in [1.165, 1.54) is 0 Å². The summed E-state index contributed by atoms with van der Waals surface area (Å²) in [6, 6.07) is 7.23. The molecular formula is C17H21NO3. The lowest BCUT2D eigenvalue weighted by atomic mass is 9.70. The zero-order valence-electron chi connectivity index (χ0n) is 12.7. The maximum atomic E-state index is 12.7. The van der Waals surface area contributed by atoms with E-state index in [0.29, 0.717) is 30.2 Å². The highest BCUT2D eigenvalue weighted by Gasteiger charge is 2.64. The lowest BCUT2D eigenvalue weighted by Crippen LogP contribution is -2.44. The number of carbonyl (C=O) groups is 2. The SMILES string of the molecule is COc1cccc(NC(=O)C23CCC(C2)C(C)(C)C3=O)c1. The number of rotatable bonds is 3. The number of nitrogens with one attached hydrogen (secondary N) is 1. The topological polar surface area (TPSA) is 55.4 Å². The summed E-state index contributed by atoms with van der Waals surface area (Å²) in [6.45, 7) is 3.94. The van der Waals surface area contributed by atoms with Crippen molar-refractivity contribution in [2.75, 3.05) is 12.4 Å². The molecule has 0 aromatic heterocycles. The fourth-order valence-electron chi connectivity index (χ4n) is 3.93. The van der Waals surface area contributed by atoms with Crippen LogP contribution in [0, 0.1) is 16.7 Å². The molecule has 112 valence electrons. The van der Waals surface area contributed by atoms with E-state index in [1.807, 2.05) is 32.0 Å². The maximum Gasteiger partial charge on any atom is 0.238 e. The highest BCUT2D eigenvalue weighted by molar-refractivity contribution is 6.15. The zero-order valence-corrected chi connectivity index (χ0v) is 12.7. The molecule has 2 fully saturated rings. The number of Topliss-reactive ketones (excluding diaryl/α,β-unsaturated/α-hetero) is 1. The van der Waals surface area contributed by atoms with Crippen molar-refractivity contribution in [3.63, 3.8) is 0 Å². The van der Waals surface area contributed by atoms with E-state index < -0.39 is 5.41 Å². The smallest absolute Gasteiger partial charge is 0.238 e. The Balaban J connectivity index is 1.84. The summed E-state index contributed by atoms with van der Waals surface area (Å²) < 4.78 is 5.16. The number of ether oxygens (including phenoxy) is 1. The van der Waals surface area contributed by atoms with Crippen LogP contribution in [0.5, 0.6) is 5.75 Å². The van der Waals surface area contributed by atoms with Gasteiger partial charge < -0.3 is 10.1 Å². The van der Waals surface area contributed by atoms with Gasteiger partial charge in [-0.2, -0.15) is 0 Å². The molecule has 4 nitrogen and oxygen atoms in total. The molecule has 2 unspecified atom stereocenters. The largest absolute Gasteiger partial charge is 0.497 e. The van der Waals surface area contributed by atoms with Crippen LogP contribution in [0.25, 0.3) is 0 Å². The van der Waals surface area contributed by atoms with Crippen LogP contribution in [0.4, 0.5) is 5.69 Å². The minimum Gasteiger partial charge on any atom is -0.497 e. The van der Waals surface area contributed by atoms with Gasteiger partial charge >= 0.3 is 0 Å². The first-order valence-electron chi connectivity index (χ1n) is 7.40. The van der Waals surface area contributed by atoms with Crippen molar-refractivity contribution in [2.45, 2.75) is 33.1 Å². The molecule has 1 amide bonds. The number of hydrogen-bond donors (Lipinski definition) is 1. The van der Waals surface area contributed by atoms with E-state index >= 15 is 0 Å². The van der Waals surface area contributed by atoms with Gasteiger partial charge in [0.1, 0.15) is 11.2 Å². The van der Waals surface area contributed by atoms with Gasteiger partial charge in [0.05, 0.1) is 7.11 Å². The Morgan fingerprint density at radius 1 is 1.38 bits per heavy atom. The van der Waals surface area contributed by atoms with E-state index in [1.54, 1.807) is 13.2 Å². The van der Waals surface area contributed by atoms with Gasteiger partial charge in [-0.3, -0.25) is 9.59 Å². The van der Waals surface area contributed by atoms with Crippen LogP contribution >= 0.6 is 0 Å². The summed E-state index contributed by atoms with van der Waals surface area (Å²) >= 11 is 0. The monoisotopic (exact) mass is 287 g/mol. The summed E-state index contributed by atoms with van der Waals surface area (Å²) in [6.07, 6.45) is 2.33. The number of amides is 1. The first kappa shape index (κ1) is 14.1. The van der Waals surface area contributed by atoms with E-state index in [4.69, 9.17) is 4.74 Å². The molecule has 1 aromatic carbocycles. The second-order valence-electron chi connectivity index (χ2n) is 6.76. The van der Waals surface area contributed by atoms with E-state index in [0.717, 1.165) is 6.42 Å². The van der Waals surface area contributed by atoms with Crippen molar-refractivity contribution in [1.29, 1.82) is 0 Å². The number of methoxy groups -OCH3 is 1. The van der Waals surface area contributed by atoms with Crippen LogP contribution in [0.3, 0.4) is 0 Å². The van der Waals surface area contributed by atoms with Crippen molar-refractivity contribution in [2.24, 2.45) is 16.7 Å². The molecule has 2 saturated carbocycles. The second-order valence-corrected chi connectivity index (χ2v) is 6.76. The summed E-state index contributed by atoms with van der Waals surface area (Å²) in [5, 5.41) is 2.91. The molecule has 3 rings (SSSR count). The molecule has 1 N–H and O–H groups in total. The fraction of sp³-hybridized carbons (Fsp3) is 0.529. The van der Waals surface area contributed by atoms with Gasteiger partial charge in [-0.05, 0) is 37.3 Å². The number of benzene rings is 1. The third-order valence-electron chi connectivity index (χ3n) is 5.32. The quantitative estimate of drug-likeness (QED) is 0.869. The molecule has 0 saturated heterocycles. The molecule has 0 aliphatic heterocycles. The number of carbonyl (C=O) groups excluding carboxylic acids is 2. The van der Waals surface area contributed by atoms with Gasteiger partial charge in [0.25, 0.3) is 0 Å². The van der Waals surface area contributed by atoms with E-state index in [9.17, 15) is 9.59 Å².